The van der Waals surface area contributed by atoms with Crippen molar-refractivity contribution >= 4 is 17.5 Å². The fourth-order valence-corrected chi connectivity index (χ4v) is 2.45. The summed E-state index contributed by atoms with van der Waals surface area (Å²) < 4.78 is 0. The summed E-state index contributed by atoms with van der Waals surface area (Å²) in [5.74, 6) is -0.281. The van der Waals surface area contributed by atoms with Crippen molar-refractivity contribution in [3.63, 3.8) is 0 Å². The number of hydrogen-bond donors (Lipinski definition) is 1. The first-order chi connectivity index (χ1) is 9.28. The predicted molar refractivity (Wildman–Crippen MR) is 79.5 cm³/mol. The highest BCUT2D eigenvalue weighted by Gasteiger charge is 2.36. The second-order valence-corrected chi connectivity index (χ2v) is 6.43. The van der Waals surface area contributed by atoms with Gasteiger partial charge in [0.15, 0.2) is 0 Å². The normalized spacial score (nSPS) is 19.3. The van der Waals surface area contributed by atoms with E-state index in [0.29, 0.717) is 6.54 Å². The molecule has 1 heterocycles. The number of rotatable bonds is 2. The van der Waals surface area contributed by atoms with Gasteiger partial charge in [-0.25, -0.2) is 0 Å². The van der Waals surface area contributed by atoms with Gasteiger partial charge >= 0.3 is 0 Å². The van der Waals surface area contributed by atoms with Crippen molar-refractivity contribution in [3.8, 4) is 0 Å². The zero-order chi connectivity index (χ0) is 14.9. The van der Waals surface area contributed by atoms with Crippen molar-refractivity contribution in [2.24, 2.45) is 5.92 Å². The molecule has 4 nitrogen and oxygen atoms in total. The van der Waals surface area contributed by atoms with Crippen LogP contribution in [0.25, 0.3) is 0 Å². The minimum atomic E-state index is -0.268. The van der Waals surface area contributed by atoms with Crippen molar-refractivity contribution in [2.45, 2.75) is 39.7 Å². The number of aryl methyl sites for hydroxylation is 1. The summed E-state index contributed by atoms with van der Waals surface area (Å²) >= 11 is 0. The Labute approximate surface area is 120 Å². The number of hydrogen-bond acceptors (Lipinski definition) is 2. The average Bonchev–Trinajstić information content (AvgIpc) is 2.70. The van der Waals surface area contributed by atoms with Crippen LogP contribution in [0.15, 0.2) is 24.3 Å². The molecule has 0 aromatic heterocycles. The molecular weight excluding hydrogens is 252 g/mol. The lowest BCUT2D eigenvalue weighted by atomic mass is 10.0. The first kappa shape index (κ1) is 14.6. The Balaban J connectivity index is 2.12. The van der Waals surface area contributed by atoms with E-state index in [1.807, 2.05) is 52.0 Å². The molecule has 20 heavy (non-hydrogen) atoms. The molecule has 0 saturated carbocycles. The van der Waals surface area contributed by atoms with Crippen LogP contribution < -0.4 is 10.2 Å². The quantitative estimate of drug-likeness (QED) is 0.899. The van der Waals surface area contributed by atoms with Crippen LogP contribution in [0, 0.1) is 12.8 Å². The van der Waals surface area contributed by atoms with Gasteiger partial charge in [-0.1, -0.05) is 18.2 Å². The average molecular weight is 274 g/mol. The zero-order valence-corrected chi connectivity index (χ0v) is 12.6. The molecule has 2 amide bonds. The van der Waals surface area contributed by atoms with Crippen molar-refractivity contribution < 1.29 is 9.59 Å². The van der Waals surface area contributed by atoms with Gasteiger partial charge in [-0.2, -0.15) is 0 Å². The van der Waals surface area contributed by atoms with E-state index in [2.05, 4.69) is 5.32 Å². The second kappa shape index (κ2) is 5.27. The molecule has 108 valence electrons. The smallest absolute Gasteiger partial charge is 0.227 e. The van der Waals surface area contributed by atoms with E-state index in [0.717, 1.165) is 11.3 Å². The van der Waals surface area contributed by atoms with Crippen LogP contribution in [0.2, 0.25) is 0 Å². The number of nitrogens with one attached hydrogen (secondary N) is 1. The first-order valence-corrected chi connectivity index (χ1v) is 6.96. The highest BCUT2D eigenvalue weighted by molar-refractivity contribution is 6.00. The third kappa shape index (κ3) is 3.18. The number of para-hydroxylation sites is 1. The van der Waals surface area contributed by atoms with Gasteiger partial charge in [0.1, 0.15) is 0 Å². The van der Waals surface area contributed by atoms with Crippen LogP contribution in [0.4, 0.5) is 5.69 Å². The summed E-state index contributed by atoms with van der Waals surface area (Å²) in [6.07, 6.45) is 0.288. The van der Waals surface area contributed by atoms with E-state index >= 15 is 0 Å². The number of anilines is 1. The fourth-order valence-electron chi connectivity index (χ4n) is 2.45. The molecule has 1 N–H and O–H groups in total. The number of benzene rings is 1. The monoisotopic (exact) mass is 274 g/mol. The molecule has 1 aliphatic heterocycles. The van der Waals surface area contributed by atoms with Crippen LogP contribution in [0.5, 0.6) is 0 Å². The molecule has 0 aliphatic carbocycles. The zero-order valence-electron chi connectivity index (χ0n) is 12.6. The predicted octanol–water partition coefficient (Wildman–Crippen LogP) is 2.26. The minimum absolute atomic E-state index is 0.0216. The summed E-state index contributed by atoms with van der Waals surface area (Å²) in [6, 6.07) is 7.77. The maximum Gasteiger partial charge on any atom is 0.227 e. The third-order valence-electron chi connectivity index (χ3n) is 3.40. The molecule has 1 atom stereocenters. The Kier molecular flexibility index (Phi) is 3.84. The topological polar surface area (TPSA) is 49.4 Å². The maximum atomic E-state index is 12.2. The summed E-state index contributed by atoms with van der Waals surface area (Å²) in [5, 5.41) is 2.95. The van der Waals surface area contributed by atoms with E-state index in [9.17, 15) is 9.59 Å². The Morgan fingerprint density at radius 3 is 2.55 bits per heavy atom. The Hall–Kier alpha value is -1.84. The molecule has 0 spiro atoms. The van der Waals surface area contributed by atoms with Gasteiger partial charge in [0.25, 0.3) is 0 Å². The Morgan fingerprint density at radius 1 is 1.30 bits per heavy atom. The SMILES string of the molecule is Cc1ccccc1N1CC(C(=O)NC(C)(C)C)CC1=O. The minimum Gasteiger partial charge on any atom is -0.351 e. The number of carbonyl (C=O) groups excluding carboxylic acids is 2. The lowest BCUT2D eigenvalue weighted by molar-refractivity contribution is -0.127. The second-order valence-electron chi connectivity index (χ2n) is 6.43. The molecule has 1 aromatic carbocycles. The Morgan fingerprint density at radius 2 is 1.95 bits per heavy atom. The maximum absolute atomic E-state index is 12.2. The summed E-state index contributed by atoms with van der Waals surface area (Å²) in [7, 11) is 0. The summed E-state index contributed by atoms with van der Waals surface area (Å²) in [6.45, 7) is 8.28. The van der Waals surface area contributed by atoms with E-state index < -0.39 is 0 Å². The van der Waals surface area contributed by atoms with Crippen LogP contribution in [-0.4, -0.2) is 23.9 Å². The van der Waals surface area contributed by atoms with Crippen LogP contribution >= 0.6 is 0 Å². The molecule has 0 bridgehead atoms. The first-order valence-electron chi connectivity index (χ1n) is 6.96. The third-order valence-corrected chi connectivity index (χ3v) is 3.40. The van der Waals surface area contributed by atoms with Gasteiger partial charge in [0.05, 0.1) is 5.92 Å². The lowest BCUT2D eigenvalue weighted by Gasteiger charge is -2.23. The van der Waals surface area contributed by atoms with Gasteiger partial charge in [-0.05, 0) is 39.3 Å². The van der Waals surface area contributed by atoms with E-state index in [4.69, 9.17) is 0 Å². The van der Waals surface area contributed by atoms with Crippen molar-refractivity contribution in [1.82, 2.24) is 5.32 Å². The highest BCUT2D eigenvalue weighted by atomic mass is 16.2. The van der Waals surface area contributed by atoms with E-state index in [-0.39, 0.29) is 29.7 Å². The largest absolute Gasteiger partial charge is 0.351 e. The Bertz CT molecular complexity index is 532. The van der Waals surface area contributed by atoms with Gasteiger partial charge in [0.2, 0.25) is 11.8 Å². The molecule has 1 unspecified atom stereocenters. The van der Waals surface area contributed by atoms with Crippen LogP contribution in [0.1, 0.15) is 32.8 Å². The summed E-state index contributed by atoms with van der Waals surface area (Å²) in [5.41, 5.74) is 1.69. The molecular formula is C16H22N2O2. The lowest BCUT2D eigenvalue weighted by Crippen LogP contribution is -2.44. The number of carbonyl (C=O) groups is 2. The van der Waals surface area contributed by atoms with Crippen molar-refractivity contribution in [1.29, 1.82) is 0 Å². The molecule has 2 rings (SSSR count). The standard InChI is InChI=1S/C16H22N2O2/c1-11-7-5-6-8-13(11)18-10-12(9-14(18)19)15(20)17-16(2,3)4/h5-8,12H,9-10H2,1-4H3,(H,17,20). The van der Waals surface area contributed by atoms with Crippen LogP contribution in [0.3, 0.4) is 0 Å². The van der Waals surface area contributed by atoms with Gasteiger partial charge in [-0.15, -0.1) is 0 Å². The van der Waals surface area contributed by atoms with Crippen LogP contribution in [-0.2, 0) is 9.59 Å². The van der Waals surface area contributed by atoms with Gasteiger partial charge < -0.3 is 10.2 Å². The van der Waals surface area contributed by atoms with Gasteiger partial charge in [0, 0.05) is 24.2 Å². The molecule has 1 fully saturated rings. The molecule has 4 heteroatoms. The molecule has 1 aromatic rings. The number of amides is 2. The summed E-state index contributed by atoms with van der Waals surface area (Å²) in [4.78, 5) is 26.1. The number of nitrogens with zero attached hydrogens (tertiary/aromatic N) is 1. The van der Waals surface area contributed by atoms with E-state index in [1.54, 1.807) is 4.90 Å². The molecule has 0 radical (unpaired) electrons. The van der Waals surface area contributed by atoms with Crippen molar-refractivity contribution in [2.75, 3.05) is 11.4 Å². The van der Waals surface area contributed by atoms with Gasteiger partial charge in [-0.3, -0.25) is 9.59 Å². The molecule has 1 aliphatic rings. The fraction of sp³-hybridized carbons (Fsp3) is 0.500. The molecule has 1 saturated heterocycles. The van der Waals surface area contributed by atoms with E-state index in [1.165, 1.54) is 0 Å². The van der Waals surface area contributed by atoms with Crippen molar-refractivity contribution in [3.05, 3.63) is 29.8 Å². The highest BCUT2D eigenvalue weighted by Crippen LogP contribution is 2.28.